The zero-order chi connectivity index (χ0) is 15.2. The van der Waals surface area contributed by atoms with Crippen molar-refractivity contribution in [3.05, 3.63) is 84.4 Å². The molecule has 0 saturated heterocycles. The number of hydrogen-bond donors (Lipinski definition) is 1. The first-order valence-electron chi connectivity index (χ1n) is 7.47. The summed E-state index contributed by atoms with van der Waals surface area (Å²) >= 11 is 0. The van der Waals surface area contributed by atoms with Gasteiger partial charge < -0.3 is 10.5 Å². The van der Waals surface area contributed by atoms with E-state index in [1.807, 2.05) is 42.5 Å². The van der Waals surface area contributed by atoms with Gasteiger partial charge >= 0.3 is 0 Å². The molecule has 0 amide bonds. The predicted molar refractivity (Wildman–Crippen MR) is 91.2 cm³/mol. The third kappa shape index (κ3) is 3.54. The first-order chi connectivity index (χ1) is 10.8. The Morgan fingerprint density at radius 1 is 0.636 bits per heavy atom. The molecule has 2 heteroatoms. The van der Waals surface area contributed by atoms with E-state index < -0.39 is 0 Å². The van der Waals surface area contributed by atoms with Crippen LogP contribution in [0.1, 0.15) is 5.56 Å². The van der Waals surface area contributed by atoms with Crippen LogP contribution in [0.25, 0.3) is 11.1 Å². The van der Waals surface area contributed by atoms with Crippen molar-refractivity contribution in [1.29, 1.82) is 0 Å². The van der Waals surface area contributed by atoms with Gasteiger partial charge in [-0.2, -0.15) is 0 Å². The standard InChI is InChI=1S/C20H19NO/c21-15-14-16-6-10-19(11-7-16)22-20-12-8-18(9-13-20)17-4-2-1-3-5-17/h1-13H,14-15,21H2. The largest absolute Gasteiger partial charge is 0.457 e. The van der Waals surface area contributed by atoms with E-state index in [2.05, 4.69) is 36.4 Å². The Labute approximate surface area is 131 Å². The molecule has 3 rings (SSSR count). The molecule has 0 fully saturated rings. The molecule has 0 saturated carbocycles. The summed E-state index contributed by atoms with van der Waals surface area (Å²) in [5, 5.41) is 0. The second-order valence-electron chi connectivity index (χ2n) is 5.18. The van der Waals surface area contributed by atoms with Gasteiger partial charge in [-0.05, 0) is 53.9 Å². The highest BCUT2D eigenvalue weighted by atomic mass is 16.5. The van der Waals surface area contributed by atoms with Gasteiger partial charge in [-0.3, -0.25) is 0 Å². The minimum Gasteiger partial charge on any atom is -0.457 e. The van der Waals surface area contributed by atoms with Crippen molar-refractivity contribution in [2.75, 3.05) is 6.54 Å². The van der Waals surface area contributed by atoms with Gasteiger partial charge in [0.2, 0.25) is 0 Å². The number of nitrogens with two attached hydrogens (primary N) is 1. The molecule has 0 atom stereocenters. The van der Waals surface area contributed by atoms with E-state index in [9.17, 15) is 0 Å². The Balaban J connectivity index is 1.71. The van der Waals surface area contributed by atoms with Crippen LogP contribution in [0.3, 0.4) is 0 Å². The van der Waals surface area contributed by atoms with E-state index in [1.165, 1.54) is 16.7 Å². The highest BCUT2D eigenvalue weighted by Crippen LogP contribution is 2.25. The zero-order valence-corrected chi connectivity index (χ0v) is 12.4. The quantitative estimate of drug-likeness (QED) is 0.742. The van der Waals surface area contributed by atoms with Gasteiger partial charge in [0.1, 0.15) is 11.5 Å². The highest BCUT2D eigenvalue weighted by molar-refractivity contribution is 5.64. The van der Waals surface area contributed by atoms with Crippen molar-refractivity contribution in [3.8, 4) is 22.6 Å². The summed E-state index contributed by atoms with van der Waals surface area (Å²) in [6, 6.07) is 26.5. The summed E-state index contributed by atoms with van der Waals surface area (Å²) in [4.78, 5) is 0. The number of benzene rings is 3. The average molecular weight is 289 g/mol. The van der Waals surface area contributed by atoms with Crippen LogP contribution in [-0.2, 0) is 6.42 Å². The first kappa shape index (κ1) is 14.4. The summed E-state index contributed by atoms with van der Waals surface area (Å²) < 4.78 is 5.87. The van der Waals surface area contributed by atoms with E-state index >= 15 is 0 Å². The zero-order valence-electron chi connectivity index (χ0n) is 12.4. The van der Waals surface area contributed by atoms with E-state index in [4.69, 9.17) is 10.5 Å². The molecule has 0 aromatic heterocycles. The summed E-state index contributed by atoms with van der Waals surface area (Å²) in [6.45, 7) is 0.668. The third-order valence-electron chi connectivity index (χ3n) is 3.55. The number of ether oxygens (including phenoxy) is 1. The van der Waals surface area contributed by atoms with E-state index in [1.54, 1.807) is 0 Å². The van der Waals surface area contributed by atoms with Crippen LogP contribution >= 0.6 is 0 Å². The molecule has 0 unspecified atom stereocenters. The van der Waals surface area contributed by atoms with Crippen LogP contribution < -0.4 is 10.5 Å². The fourth-order valence-electron chi connectivity index (χ4n) is 2.37. The normalized spacial score (nSPS) is 10.4. The second kappa shape index (κ2) is 6.92. The molecule has 2 nitrogen and oxygen atoms in total. The van der Waals surface area contributed by atoms with Gasteiger partial charge in [0, 0.05) is 0 Å². The van der Waals surface area contributed by atoms with Crippen molar-refractivity contribution >= 4 is 0 Å². The van der Waals surface area contributed by atoms with Crippen molar-refractivity contribution < 1.29 is 4.74 Å². The lowest BCUT2D eigenvalue weighted by Crippen LogP contribution is -2.02. The first-order valence-corrected chi connectivity index (χ1v) is 7.47. The van der Waals surface area contributed by atoms with E-state index in [0.29, 0.717) is 6.54 Å². The maximum absolute atomic E-state index is 5.87. The molecule has 0 aliphatic rings. The summed E-state index contributed by atoms with van der Waals surface area (Å²) in [6.07, 6.45) is 0.895. The molecule has 0 spiro atoms. The van der Waals surface area contributed by atoms with Crippen molar-refractivity contribution in [2.24, 2.45) is 5.73 Å². The minimum atomic E-state index is 0.668. The molecule has 3 aromatic carbocycles. The Morgan fingerprint density at radius 3 is 1.77 bits per heavy atom. The fraction of sp³-hybridized carbons (Fsp3) is 0.100. The van der Waals surface area contributed by atoms with Gasteiger partial charge in [0.25, 0.3) is 0 Å². The average Bonchev–Trinajstić information content (AvgIpc) is 2.58. The molecule has 22 heavy (non-hydrogen) atoms. The van der Waals surface area contributed by atoms with Gasteiger partial charge in [-0.15, -0.1) is 0 Å². The van der Waals surface area contributed by atoms with Crippen LogP contribution in [0.4, 0.5) is 0 Å². The highest BCUT2D eigenvalue weighted by Gasteiger charge is 2.00. The van der Waals surface area contributed by atoms with Crippen LogP contribution in [-0.4, -0.2) is 6.54 Å². The summed E-state index contributed by atoms with van der Waals surface area (Å²) in [7, 11) is 0. The fourth-order valence-corrected chi connectivity index (χ4v) is 2.37. The summed E-state index contributed by atoms with van der Waals surface area (Å²) in [5.74, 6) is 1.68. The molecule has 0 aliphatic carbocycles. The molecule has 2 N–H and O–H groups in total. The maximum atomic E-state index is 5.87. The van der Waals surface area contributed by atoms with Crippen molar-refractivity contribution in [3.63, 3.8) is 0 Å². The molecular formula is C20H19NO. The molecule has 0 radical (unpaired) electrons. The van der Waals surface area contributed by atoms with Crippen LogP contribution in [0.2, 0.25) is 0 Å². The third-order valence-corrected chi connectivity index (χ3v) is 3.55. The van der Waals surface area contributed by atoms with Gasteiger partial charge in [0.15, 0.2) is 0 Å². The lowest BCUT2D eigenvalue weighted by molar-refractivity contribution is 0.482. The maximum Gasteiger partial charge on any atom is 0.127 e. The topological polar surface area (TPSA) is 35.2 Å². The molecule has 0 bridgehead atoms. The van der Waals surface area contributed by atoms with Crippen LogP contribution in [0.5, 0.6) is 11.5 Å². The minimum absolute atomic E-state index is 0.668. The van der Waals surface area contributed by atoms with Crippen LogP contribution in [0.15, 0.2) is 78.9 Å². The SMILES string of the molecule is NCCc1ccc(Oc2ccc(-c3ccccc3)cc2)cc1. The second-order valence-corrected chi connectivity index (χ2v) is 5.18. The van der Waals surface area contributed by atoms with Gasteiger partial charge in [-0.25, -0.2) is 0 Å². The molecule has 0 heterocycles. The van der Waals surface area contributed by atoms with E-state index in [-0.39, 0.29) is 0 Å². The lowest BCUT2D eigenvalue weighted by Gasteiger charge is -2.08. The molecular weight excluding hydrogens is 270 g/mol. The van der Waals surface area contributed by atoms with Crippen molar-refractivity contribution in [2.45, 2.75) is 6.42 Å². The Hall–Kier alpha value is -2.58. The molecule has 0 aliphatic heterocycles. The van der Waals surface area contributed by atoms with Gasteiger partial charge in [0.05, 0.1) is 0 Å². The monoisotopic (exact) mass is 289 g/mol. The number of rotatable bonds is 5. The lowest BCUT2D eigenvalue weighted by atomic mass is 10.1. The smallest absolute Gasteiger partial charge is 0.127 e. The molecule has 110 valence electrons. The van der Waals surface area contributed by atoms with Gasteiger partial charge in [-0.1, -0.05) is 54.6 Å². The van der Waals surface area contributed by atoms with Crippen LogP contribution in [0, 0.1) is 0 Å². The number of hydrogen-bond acceptors (Lipinski definition) is 2. The Kier molecular flexibility index (Phi) is 4.52. The van der Waals surface area contributed by atoms with E-state index in [0.717, 1.165) is 17.9 Å². The van der Waals surface area contributed by atoms with Crippen molar-refractivity contribution in [1.82, 2.24) is 0 Å². The summed E-state index contributed by atoms with van der Waals surface area (Å²) in [5.41, 5.74) is 9.18. The Morgan fingerprint density at radius 2 is 1.18 bits per heavy atom. The molecule has 3 aromatic rings. The predicted octanol–water partition coefficient (Wildman–Crippen LogP) is 4.65. The Bertz CT molecular complexity index is 703.